The van der Waals surface area contributed by atoms with Crippen molar-refractivity contribution in [2.75, 3.05) is 20.3 Å². The first-order chi connectivity index (χ1) is 12.1. The Balaban J connectivity index is 0.000000146. The van der Waals surface area contributed by atoms with E-state index in [-0.39, 0.29) is 17.7 Å². The minimum absolute atomic E-state index is 0.198. The quantitative estimate of drug-likeness (QED) is 0.802. The average Bonchev–Trinajstić information content (AvgIpc) is 2.62. The van der Waals surface area contributed by atoms with Gasteiger partial charge in [0.2, 0.25) is 0 Å². The number of methoxy groups -OCH3 is 1. The van der Waals surface area contributed by atoms with Gasteiger partial charge in [-0.2, -0.15) is 0 Å². The zero-order valence-corrected chi connectivity index (χ0v) is 13.8. The van der Waals surface area contributed by atoms with E-state index >= 15 is 0 Å². The summed E-state index contributed by atoms with van der Waals surface area (Å²) in [6, 6.07) is 10.1. The van der Waals surface area contributed by atoms with Gasteiger partial charge in [-0.3, -0.25) is 0 Å². The number of carbonyl (C=O) groups is 2. The van der Waals surface area contributed by atoms with Crippen LogP contribution in [0.2, 0.25) is 0 Å². The van der Waals surface area contributed by atoms with Crippen LogP contribution in [0.5, 0.6) is 11.5 Å². The number of ether oxygens (including phenoxy) is 3. The molecule has 0 saturated carbocycles. The number of esters is 2. The van der Waals surface area contributed by atoms with Gasteiger partial charge in [0.05, 0.1) is 31.5 Å². The molecule has 0 aliphatic carbocycles. The zero-order chi connectivity index (χ0) is 17.8. The van der Waals surface area contributed by atoms with Gasteiger partial charge < -0.3 is 19.3 Å². The monoisotopic (exact) mass is 342 g/mol. The molecule has 0 spiro atoms. The van der Waals surface area contributed by atoms with Crippen molar-refractivity contribution in [2.45, 2.75) is 12.8 Å². The fourth-order valence-corrected chi connectivity index (χ4v) is 2.75. The van der Waals surface area contributed by atoms with Gasteiger partial charge in [-0.05, 0) is 47.5 Å². The molecule has 4 rings (SSSR count). The molecular weight excluding hydrogens is 324 g/mol. The average molecular weight is 342 g/mol. The highest BCUT2D eigenvalue weighted by Crippen LogP contribution is 2.22. The lowest BCUT2D eigenvalue weighted by molar-refractivity contribution is 0.0470. The summed E-state index contributed by atoms with van der Waals surface area (Å²) in [6.07, 6.45) is 1.47. The Hall–Kier alpha value is -3.02. The predicted molar refractivity (Wildman–Crippen MR) is 89.1 cm³/mol. The van der Waals surface area contributed by atoms with E-state index in [1.807, 2.05) is 6.07 Å². The SMILES string of the molecule is COc1ccc2c(c1)CCOC2=O.O=C1OCCc2cc(O)ccc21. The number of aromatic hydroxyl groups is 1. The first-order valence-corrected chi connectivity index (χ1v) is 7.91. The Morgan fingerprint density at radius 1 is 0.880 bits per heavy atom. The van der Waals surface area contributed by atoms with E-state index in [0.29, 0.717) is 30.8 Å². The number of fused-ring (bicyclic) bond motifs is 2. The van der Waals surface area contributed by atoms with Gasteiger partial charge in [0.1, 0.15) is 11.5 Å². The van der Waals surface area contributed by atoms with Gasteiger partial charge in [0, 0.05) is 12.8 Å². The minimum Gasteiger partial charge on any atom is -0.508 e. The highest BCUT2D eigenvalue weighted by atomic mass is 16.5. The first kappa shape index (κ1) is 16.8. The van der Waals surface area contributed by atoms with Gasteiger partial charge in [-0.15, -0.1) is 0 Å². The largest absolute Gasteiger partial charge is 0.508 e. The number of carbonyl (C=O) groups excluding carboxylic acids is 2. The van der Waals surface area contributed by atoms with E-state index in [9.17, 15) is 9.59 Å². The predicted octanol–water partition coefficient (Wildman–Crippen LogP) is 2.51. The van der Waals surface area contributed by atoms with Crippen molar-refractivity contribution in [3.8, 4) is 11.5 Å². The fourth-order valence-electron chi connectivity index (χ4n) is 2.75. The fraction of sp³-hybridized carbons (Fsp3) is 0.263. The number of phenolic OH excluding ortho intramolecular Hbond substituents is 1. The molecule has 6 heteroatoms. The second kappa shape index (κ2) is 7.25. The van der Waals surface area contributed by atoms with Crippen LogP contribution in [0.1, 0.15) is 31.8 Å². The summed E-state index contributed by atoms with van der Waals surface area (Å²) in [7, 11) is 1.61. The van der Waals surface area contributed by atoms with Crippen molar-refractivity contribution in [1.82, 2.24) is 0 Å². The van der Waals surface area contributed by atoms with Crippen molar-refractivity contribution < 1.29 is 28.9 Å². The minimum atomic E-state index is -0.295. The van der Waals surface area contributed by atoms with Crippen LogP contribution in [-0.4, -0.2) is 37.4 Å². The Labute approximate surface area is 144 Å². The standard InChI is InChI=1S/C10H10O3.C9H8O3/c1-12-8-2-3-9-7(6-8)4-5-13-10(9)11;10-7-1-2-8-6(5-7)3-4-12-9(8)11/h2-3,6H,4-5H2,1H3;1-2,5,10H,3-4H2. The second-order valence-corrected chi connectivity index (χ2v) is 5.64. The van der Waals surface area contributed by atoms with Crippen LogP contribution in [-0.2, 0) is 22.3 Å². The topological polar surface area (TPSA) is 82.1 Å². The second-order valence-electron chi connectivity index (χ2n) is 5.64. The van der Waals surface area contributed by atoms with Crippen molar-refractivity contribution >= 4 is 11.9 Å². The third-order valence-electron chi connectivity index (χ3n) is 4.05. The molecule has 0 saturated heterocycles. The highest BCUT2D eigenvalue weighted by molar-refractivity contribution is 5.92. The molecule has 2 aromatic rings. The number of cyclic esters (lactones) is 2. The van der Waals surface area contributed by atoms with E-state index in [0.717, 1.165) is 23.3 Å². The Bertz CT molecular complexity index is 812. The number of hydrogen-bond donors (Lipinski definition) is 1. The third kappa shape index (κ3) is 3.74. The van der Waals surface area contributed by atoms with Crippen molar-refractivity contribution in [3.05, 3.63) is 58.7 Å². The maximum Gasteiger partial charge on any atom is 0.338 e. The van der Waals surface area contributed by atoms with E-state index in [4.69, 9.17) is 19.3 Å². The molecule has 0 radical (unpaired) electrons. The lowest BCUT2D eigenvalue weighted by atomic mass is 10.0. The maximum atomic E-state index is 11.2. The van der Waals surface area contributed by atoms with Crippen LogP contribution in [0.4, 0.5) is 0 Å². The van der Waals surface area contributed by atoms with Gasteiger partial charge in [0.25, 0.3) is 0 Å². The molecule has 0 amide bonds. The number of benzene rings is 2. The summed E-state index contributed by atoms with van der Waals surface area (Å²) in [5, 5.41) is 9.12. The van der Waals surface area contributed by atoms with Crippen LogP contribution >= 0.6 is 0 Å². The van der Waals surface area contributed by atoms with Crippen molar-refractivity contribution in [3.63, 3.8) is 0 Å². The van der Waals surface area contributed by atoms with Crippen LogP contribution in [0.15, 0.2) is 36.4 Å². The van der Waals surface area contributed by atoms with Crippen LogP contribution in [0.25, 0.3) is 0 Å². The molecule has 0 atom stereocenters. The Morgan fingerprint density at radius 2 is 1.44 bits per heavy atom. The number of phenols is 1. The smallest absolute Gasteiger partial charge is 0.338 e. The highest BCUT2D eigenvalue weighted by Gasteiger charge is 2.19. The molecule has 2 heterocycles. The van der Waals surface area contributed by atoms with Gasteiger partial charge in [0.15, 0.2) is 0 Å². The molecule has 2 aromatic carbocycles. The Kier molecular flexibility index (Phi) is 4.88. The van der Waals surface area contributed by atoms with Crippen LogP contribution < -0.4 is 4.74 Å². The molecule has 2 aliphatic heterocycles. The van der Waals surface area contributed by atoms with E-state index in [1.54, 1.807) is 31.4 Å². The Morgan fingerprint density at radius 3 is 2.04 bits per heavy atom. The van der Waals surface area contributed by atoms with Crippen LogP contribution in [0, 0.1) is 0 Å². The number of hydrogen-bond acceptors (Lipinski definition) is 6. The molecule has 0 aromatic heterocycles. The van der Waals surface area contributed by atoms with Crippen LogP contribution in [0.3, 0.4) is 0 Å². The summed E-state index contributed by atoms with van der Waals surface area (Å²) < 4.78 is 14.8. The van der Waals surface area contributed by atoms with E-state index < -0.39 is 0 Å². The normalized spacial score (nSPS) is 14.9. The van der Waals surface area contributed by atoms with Gasteiger partial charge >= 0.3 is 11.9 Å². The molecule has 1 N–H and O–H groups in total. The molecule has 0 unspecified atom stereocenters. The van der Waals surface area contributed by atoms with Gasteiger partial charge in [-0.1, -0.05) is 0 Å². The summed E-state index contributed by atoms with van der Waals surface area (Å²) >= 11 is 0. The molecule has 6 nitrogen and oxygen atoms in total. The van der Waals surface area contributed by atoms with Gasteiger partial charge in [-0.25, -0.2) is 9.59 Å². The number of rotatable bonds is 1. The molecule has 0 bridgehead atoms. The maximum absolute atomic E-state index is 11.2. The molecule has 130 valence electrons. The molecule has 25 heavy (non-hydrogen) atoms. The van der Waals surface area contributed by atoms with E-state index in [1.165, 1.54) is 6.07 Å². The zero-order valence-electron chi connectivity index (χ0n) is 13.8. The van der Waals surface area contributed by atoms with Crippen molar-refractivity contribution in [2.24, 2.45) is 0 Å². The molecular formula is C19H18O6. The summed E-state index contributed by atoms with van der Waals surface area (Å²) in [5.41, 5.74) is 3.10. The molecule has 0 fully saturated rings. The molecule has 2 aliphatic rings. The van der Waals surface area contributed by atoms with E-state index in [2.05, 4.69) is 0 Å². The third-order valence-corrected chi connectivity index (χ3v) is 4.05. The summed E-state index contributed by atoms with van der Waals surface area (Å²) in [5.74, 6) is 0.456. The summed E-state index contributed by atoms with van der Waals surface area (Å²) in [6.45, 7) is 0.883. The lowest BCUT2D eigenvalue weighted by Gasteiger charge is -2.15. The van der Waals surface area contributed by atoms with Crippen molar-refractivity contribution in [1.29, 1.82) is 0 Å². The first-order valence-electron chi connectivity index (χ1n) is 7.91. The lowest BCUT2D eigenvalue weighted by Crippen LogP contribution is -2.17. The summed E-state index contributed by atoms with van der Waals surface area (Å²) in [4.78, 5) is 22.3.